The van der Waals surface area contributed by atoms with Crippen LogP contribution in [0.2, 0.25) is 0 Å². The summed E-state index contributed by atoms with van der Waals surface area (Å²) < 4.78 is 7.13. The molecule has 1 saturated carbocycles. The van der Waals surface area contributed by atoms with Gasteiger partial charge in [0, 0.05) is 66.8 Å². The highest BCUT2D eigenvalue weighted by Crippen LogP contribution is 2.62. The number of furan rings is 1. The summed E-state index contributed by atoms with van der Waals surface area (Å²) in [6.45, 7) is 36.7. The van der Waals surface area contributed by atoms with Gasteiger partial charge in [-0.25, -0.2) is 0 Å². The molecule has 1 fully saturated rings. The maximum atomic E-state index is 7.13. The van der Waals surface area contributed by atoms with Crippen molar-refractivity contribution in [2.24, 2.45) is 0 Å². The molecule has 2 unspecified atom stereocenters. The molecule has 5 heteroatoms. The number of aryl methyl sites for hydroxylation is 2. The maximum Gasteiger partial charge on any atom is 0.252 e. The zero-order valence-corrected chi connectivity index (χ0v) is 50.8. The highest BCUT2D eigenvalue weighted by Gasteiger charge is 2.58. The molecular weight excluding hydrogens is 982 g/mol. The summed E-state index contributed by atoms with van der Waals surface area (Å²) in [6, 6.07) is 55.4. The van der Waals surface area contributed by atoms with E-state index in [2.05, 4.69) is 258 Å². The third-order valence-electron chi connectivity index (χ3n) is 22.2. The van der Waals surface area contributed by atoms with Crippen molar-refractivity contribution in [2.75, 3.05) is 14.7 Å². The number of anilines is 8. The van der Waals surface area contributed by atoms with Crippen molar-refractivity contribution < 1.29 is 4.42 Å². The molecule has 0 spiro atoms. The molecule has 1 aromatic heterocycles. The number of hydrogen-bond acceptors (Lipinski definition) is 4. The Morgan fingerprint density at radius 3 is 1.77 bits per heavy atom. The second-order valence-corrected chi connectivity index (χ2v) is 29.7. The molecule has 2 atom stereocenters. The molecule has 15 rings (SSSR count). The van der Waals surface area contributed by atoms with Gasteiger partial charge in [0.25, 0.3) is 6.71 Å². The summed E-state index contributed by atoms with van der Waals surface area (Å²) in [6.07, 6.45) is 7.12. The van der Waals surface area contributed by atoms with E-state index in [0.717, 1.165) is 40.5 Å². The van der Waals surface area contributed by atoms with E-state index in [1.165, 1.54) is 138 Å². The highest BCUT2D eigenvalue weighted by molar-refractivity contribution is 7.00. The molecule has 408 valence electrons. The van der Waals surface area contributed by atoms with Crippen molar-refractivity contribution in [3.63, 3.8) is 0 Å². The summed E-state index contributed by atoms with van der Waals surface area (Å²) in [7, 11) is 0. The zero-order chi connectivity index (χ0) is 56.5. The molecule has 0 saturated heterocycles. The van der Waals surface area contributed by atoms with Gasteiger partial charge in [-0.3, -0.25) is 0 Å². The van der Waals surface area contributed by atoms with E-state index in [1.807, 2.05) is 0 Å². The van der Waals surface area contributed by atoms with Crippen LogP contribution in [0.15, 0.2) is 144 Å². The standard InChI is InChI=1S/C76H80BN3O/c1-45-37-65-68-66(38-45)79(62-43-54-53(39-46(62)2)71(6,7)35-36-72(54,8)9)64-44-56-55(73(10,11)51-25-17-18-26-52(51)74(56,12)13)42-59(64)77(68)58-31-30-48(41-63(58)78(65)61-27-22-24-50-49-23-16-19-28-67(49)81-69(50)61)80-60-32-29-47(70(3,4)5)40-57(60)75(14)33-20-21-34-76(75,80)15/h16-19,22-32,37-44H,20-21,33-36H2,1-15H3. The van der Waals surface area contributed by atoms with Gasteiger partial charge in [0.15, 0.2) is 5.58 Å². The van der Waals surface area contributed by atoms with Crippen LogP contribution in [0.4, 0.5) is 45.5 Å². The van der Waals surface area contributed by atoms with E-state index in [4.69, 9.17) is 4.42 Å². The molecule has 3 aliphatic carbocycles. The highest BCUT2D eigenvalue weighted by atomic mass is 16.3. The van der Waals surface area contributed by atoms with Crippen LogP contribution in [0, 0.1) is 13.8 Å². The molecule has 0 amide bonds. The van der Waals surface area contributed by atoms with E-state index in [-0.39, 0.29) is 44.7 Å². The lowest BCUT2D eigenvalue weighted by Gasteiger charge is -2.51. The van der Waals surface area contributed by atoms with Gasteiger partial charge in [-0.15, -0.1) is 0 Å². The summed E-state index contributed by atoms with van der Waals surface area (Å²) in [5.41, 5.74) is 29.5. The fraction of sp³-hybridized carbons (Fsp3) is 0.368. The lowest BCUT2D eigenvalue weighted by atomic mass is 9.33. The molecule has 6 aliphatic rings. The van der Waals surface area contributed by atoms with Crippen molar-refractivity contribution in [2.45, 2.75) is 180 Å². The van der Waals surface area contributed by atoms with Crippen molar-refractivity contribution in [3.05, 3.63) is 195 Å². The normalized spacial score (nSPS) is 22.1. The van der Waals surface area contributed by atoms with E-state index >= 15 is 0 Å². The van der Waals surface area contributed by atoms with Crippen LogP contribution in [0.25, 0.3) is 21.9 Å². The average Bonchev–Trinajstić information content (AvgIpc) is 2.19. The zero-order valence-electron chi connectivity index (χ0n) is 50.8. The van der Waals surface area contributed by atoms with Gasteiger partial charge >= 0.3 is 0 Å². The Morgan fingerprint density at radius 2 is 1.06 bits per heavy atom. The van der Waals surface area contributed by atoms with Gasteiger partial charge < -0.3 is 19.1 Å². The molecule has 4 nitrogen and oxygen atoms in total. The summed E-state index contributed by atoms with van der Waals surface area (Å²) in [5.74, 6) is 0. The first-order chi connectivity index (χ1) is 38.3. The van der Waals surface area contributed by atoms with Crippen molar-refractivity contribution >= 4 is 90.5 Å². The Kier molecular flexibility index (Phi) is 10.3. The fourth-order valence-electron chi connectivity index (χ4n) is 17.2. The molecule has 81 heavy (non-hydrogen) atoms. The number of para-hydroxylation sites is 2. The van der Waals surface area contributed by atoms with Crippen LogP contribution in [0.3, 0.4) is 0 Å². The van der Waals surface area contributed by atoms with Crippen molar-refractivity contribution in [3.8, 4) is 0 Å². The van der Waals surface area contributed by atoms with Crippen LogP contribution < -0.4 is 31.1 Å². The molecule has 4 heterocycles. The number of rotatable bonds is 3. The smallest absolute Gasteiger partial charge is 0.252 e. The number of hydrogen-bond donors (Lipinski definition) is 0. The van der Waals surface area contributed by atoms with Crippen molar-refractivity contribution in [1.82, 2.24) is 0 Å². The lowest BCUT2D eigenvalue weighted by molar-refractivity contribution is 0.195. The Hall–Kier alpha value is -6.98. The third-order valence-corrected chi connectivity index (χ3v) is 22.2. The number of nitrogens with zero attached hydrogens (tertiary/aromatic N) is 3. The van der Waals surface area contributed by atoms with Gasteiger partial charge in [-0.2, -0.15) is 0 Å². The second-order valence-electron chi connectivity index (χ2n) is 29.7. The Balaban J connectivity index is 1.05. The van der Waals surface area contributed by atoms with Gasteiger partial charge in [-0.05, 0) is 189 Å². The summed E-state index contributed by atoms with van der Waals surface area (Å²) in [5, 5.41) is 2.28. The van der Waals surface area contributed by atoms with Gasteiger partial charge in [-0.1, -0.05) is 181 Å². The maximum absolute atomic E-state index is 7.13. The van der Waals surface area contributed by atoms with Gasteiger partial charge in [0.1, 0.15) is 5.58 Å². The number of fused-ring (bicyclic) bond motifs is 13. The van der Waals surface area contributed by atoms with Crippen LogP contribution in [-0.2, 0) is 32.5 Å². The summed E-state index contributed by atoms with van der Waals surface area (Å²) in [4.78, 5) is 8.15. The summed E-state index contributed by atoms with van der Waals surface area (Å²) >= 11 is 0. The third kappa shape index (κ3) is 6.73. The molecule has 8 aromatic carbocycles. The predicted octanol–water partition coefficient (Wildman–Crippen LogP) is 18.6. The molecule has 0 bridgehead atoms. The predicted molar refractivity (Wildman–Crippen MR) is 345 cm³/mol. The Labute approximate surface area is 482 Å². The second kappa shape index (κ2) is 16.4. The van der Waals surface area contributed by atoms with Gasteiger partial charge in [0.05, 0.1) is 11.2 Å². The molecule has 3 aliphatic heterocycles. The van der Waals surface area contributed by atoms with Gasteiger partial charge in [0.2, 0.25) is 0 Å². The van der Waals surface area contributed by atoms with Crippen LogP contribution in [0.5, 0.6) is 0 Å². The molecule has 0 radical (unpaired) electrons. The van der Waals surface area contributed by atoms with Crippen LogP contribution >= 0.6 is 0 Å². The van der Waals surface area contributed by atoms with E-state index in [1.54, 1.807) is 0 Å². The van der Waals surface area contributed by atoms with E-state index in [0.29, 0.717) is 0 Å². The first-order valence-corrected chi connectivity index (χ1v) is 30.5. The van der Waals surface area contributed by atoms with Crippen molar-refractivity contribution in [1.29, 1.82) is 0 Å². The molecular formula is C76H80BN3O. The Bertz CT molecular complexity index is 4220. The van der Waals surface area contributed by atoms with E-state index in [9.17, 15) is 0 Å². The first kappa shape index (κ1) is 50.9. The quantitative estimate of drug-likeness (QED) is 0.165. The topological polar surface area (TPSA) is 22.9 Å². The van der Waals surface area contributed by atoms with Crippen LogP contribution in [-0.4, -0.2) is 12.3 Å². The molecule has 9 aromatic rings. The first-order valence-electron chi connectivity index (χ1n) is 30.5. The largest absolute Gasteiger partial charge is 0.454 e. The minimum atomic E-state index is -0.239. The van der Waals surface area contributed by atoms with Crippen LogP contribution in [0.1, 0.15) is 184 Å². The lowest BCUT2D eigenvalue weighted by Crippen LogP contribution is -2.62. The fourth-order valence-corrected chi connectivity index (χ4v) is 17.2. The average molecular weight is 1060 g/mol. The monoisotopic (exact) mass is 1060 g/mol. The Morgan fingerprint density at radius 1 is 0.457 bits per heavy atom. The molecule has 0 N–H and O–H groups in total. The minimum Gasteiger partial charge on any atom is -0.454 e. The SMILES string of the molecule is Cc1cc2c3c(c1)N(c1cccc4c1oc1ccccc14)c1cc(N4c5ccc(C(C)(C)C)cc5C5(C)CCCCC45C)ccc1B3c1cc3c(cc1N2c1cc2c(cc1C)C(C)(C)CCC2(C)C)C(C)(C)c1ccccc1C3(C)C. The van der Waals surface area contributed by atoms with E-state index < -0.39 is 0 Å². The number of benzene rings is 8. The minimum absolute atomic E-state index is 0.0141.